The molecule has 3 amide bonds. The molecule has 0 saturated carbocycles. The van der Waals surface area contributed by atoms with E-state index in [0.29, 0.717) is 30.9 Å². The molecular formula is C24H22F3N5O2. The summed E-state index contributed by atoms with van der Waals surface area (Å²) in [4.78, 5) is 29.0. The minimum absolute atomic E-state index is 0.0171. The molecule has 0 radical (unpaired) electrons. The molecule has 10 heteroatoms. The molecule has 0 bridgehead atoms. The van der Waals surface area contributed by atoms with E-state index in [-0.39, 0.29) is 30.1 Å². The lowest BCUT2D eigenvalue weighted by molar-refractivity contribution is -0.117. The van der Waals surface area contributed by atoms with Crippen molar-refractivity contribution in [3.05, 3.63) is 77.4 Å². The molecule has 2 aromatic carbocycles. The monoisotopic (exact) mass is 469 g/mol. The molecule has 2 aliphatic heterocycles. The van der Waals surface area contributed by atoms with Gasteiger partial charge in [0.1, 0.15) is 0 Å². The number of halogens is 3. The maximum absolute atomic E-state index is 13.6. The highest BCUT2D eigenvalue weighted by molar-refractivity contribution is 5.97. The van der Waals surface area contributed by atoms with Crippen LogP contribution < -0.4 is 10.2 Å². The van der Waals surface area contributed by atoms with Gasteiger partial charge in [0.05, 0.1) is 36.7 Å². The zero-order valence-corrected chi connectivity index (χ0v) is 18.3. The highest BCUT2D eigenvalue weighted by Crippen LogP contribution is 2.35. The lowest BCUT2D eigenvalue weighted by Gasteiger charge is -2.35. The summed E-state index contributed by atoms with van der Waals surface area (Å²) in [6, 6.07) is 10.4. The Bertz CT molecular complexity index is 1240. The minimum atomic E-state index is -1.60. The number of fused-ring (bicyclic) bond motifs is 1. The van der Waals surface area contributed by atoms with Gasteiger partial charge >= 0.3 is 6.03 Å². The van der Waals surface area contributed by atoms with Crippen LogP contribution >= 0.6 is 0 Å². The van der Waals surface area contributed by atoms with Gasteiger partial charge < -0.3 is 15.1 Å². The van der Waals surface area contributed by atoms with Gasteiger partial charge in [-0.3, -0.25) is 9.48 Å². The fourth-order valence-electron chi connectivity index (χ4n) is 4.60. The molecule has 0 aliphatic carbocycles. The lowest BCUT2D eigenvalue weighted by Crippen LogP contribution is -2.47. The van der Waals surface area contributed by atoms with Crippen LogP contribution in [0.25, 0.3) is 0 Å². The van der Waals surface area contributed by atoms with Crippen molar-refractivity contribution in [2.75, 3.05) is 16.8 Å². The Morgan fingerprint density at radius 2 is 1.79 bits per heavy atom. The average molecular weight is 469 g/mol. The Hall–Kier alpha value is -3.82. The van der Waals surface area contributed by atoms with Gasteiger partial charge in [-0.1, -0.05) is 30.3 Å². The number of anilines is 2. The van der Waals surface area contributed by atoms with E-state index in [1.807, 2.05) is 37.3 Å². The van der Waals surface area contributed by atoms with E-state index in [2.05, 4.69) is 10.4 Å². The van der Waals surface area contributed by atoms with Crippen molar-refractivity contribution in [1.29, 1.82) is 0 Å². The fourth-order valence-corrected chi connectivity index (χ4v) is 4.60. The van der Waals surface area contributed by atoms with E-state index in [0.717, 1.165) is 17.7 Å². The van der Waals surface area contributed by atoms with Crippen molar-refractivity contribution < 1.29 is 22.8 Å². The maximum atomic E-state index is 13.6. The molecular weight excluding hydrogens is 447 g/mol. The molecule has 34 heavy (non-hydrogen) atoms. The number of nitrogens with zero attached hydrogens (tertiary/aromatic N) is 4. The summed E-state index contributed by atoms with van der Waals surface area (Å²) >= 11 is 0. The molecule has 2 atom stereocenters. The molecule has 0 spiro atoms. The van der Waals surface area contributed by atoms with Gasteiger partial charge in [0, 0.05) is 36.7 Å². The summed E-state index contributed by atoms with van der Waals surface area (Å²) in [6.45, 7) is 2.87. The molecule has 3 aromatic rings. The molecule has 5 rings (SSSR count). The molecule has 2 aliphatic rings. The second-order valence-electron chi connectivity index (χ2n) is 8.64. The van der Waals surface area contributed by atoms with Crippen molar-refractivity contribution in [2.24, 2.45) is 0 Å². The Morgan fingerprint density at radius 1 is 1.09 bits per heavy atom. The van der Waals surface area contributed by atoms with Crippen LogP contribution in [0, 0.1) is 17.5 Å². The van der Waals surface area contributed by atoms with E-state index in [1.165, 1.54) is 4.90 Å². The number of carbonyl (C=O) groups excluding carboxylic acids is 2. The first-order valence-corrected chi connectivity index (χ1v) is 10.9. The van der Waals surface area contributed by atoms with E-state index in [4.69, 9.17) is 0 Å². The second-order valence-corrected chi connectivity index (χ2v) is 8.64. The molecule has 3 heterocycles. The van der Waals surface area contributed by atoms with Gasteiger partial charge in [-0.05, 0) is 12.5 Å². The third-order valence-corrected chi connectivity index (χ3v) is 6.40. The Labute approximate surface area is 193 Å². The highest BCUT2D eigenvalue weighted by atomic mass is 19.2. The summed E-state index contributed by atoms with van der Waals surface area (Å²) in [7, 11) is 0. The highest BCUT2D eigenvalue weighted by Gasteiger charge is 2.37. The zero-order valence-electron chi connectivity index (χ0n) is 18.3. The van der Waals surface area contributed by atoms with Crippen LogP contribution in [-0.4, -0.2) is 39.2 Å². The predicted octanol–water partition coefficient (Wildman–Crippen LogP) is 4.26. The number of carbonyl (C=O) groups is 2. The van der Waals surface area contributed by atoms with Gasteiger partial charge in [-0.15, -0.1) is 0 Å². The topological polar surface area (TPSA) is 70.5 Å². The van der Waals surface area contributed by atoms with Gasteiger partial charge in [0.25, 0.3) is 0 Å². The summed E-state index contributed by atoms with van der Waals surface area (Å²) in [6.07, 6.45) is 2.02. The molecule has 176 valence electrons. The Morgan fingerprint density at radius 3 is 2.50 bits per heavy atom. The first-order valence-electron chi connectivity index (χ1n) is 10.9. The van der Waals surface area contributed by atoms with Crippen LogP contribution in [0.1, 0.15) is 30.5 Å². The van der Waals surface area contributed by atoms with Crippen molar-refractivity contribution in [3.63, 3.8) is 0 Å². The van der Waals surface area contributed by atoms with Crippen molar-refractivity contribution in [3.8, 4) is 0 Å². The fraction of sp³-hybridized carbons (Fsp3) is 0.292. The van der Waals surface area contributed by atoms with Crippen LogP contribution in [0.5, 0.6) is 0 Å². The zero-order chi connectivity index (χ0) is 24.0. The lowest BCUT2D eigenvalue weighted by atomic mass is 9.98. The molecule has 1 unspecified atom stereocenters. The number of nitrogens with one attached hydrogen (secondary N) is 1. The normalized spacial score (nSPS) is 19.9. The number of amides is 3. The Kier molecular flexibility index (Phi) is 5.51. The smallest absolute Gasteiger partial charge is 0.314 e. The molecule has 1 N–H and O–H groups in total. The molecule has 1 aromatic heterocycles. The Balaban J connectivity index is 1.36. The summed E-state index contributed by atoms with van der Waals surface area (Å²) in [5.74, 6) is -4.32. The molecule has 7 nitrogen and oxygen atoms in total. The van der Waals surface area contributed by atoms with Gasteiger partial charge in [0.15, 0.2) is 17.5 Å². The van der Waals surface area contributed by atoms with E-state index in [1.54, 1.807) is 15.8 Å². The number of hydrogen-bond donors (Lipinski definition) is 1. The van der Waals surface area contributed by atoms with Gasteiger partial charge in [0.2, 0.25) is 5.91 Å². The molecule has 1 fully saturated rings. The third-order valence-electron chi connectivity index (χ3n) is 6.40. The molecule has 1 saturated heterocycles. The van der Waals surface area contributed by atoms with Gasteiger partial charge in [-0.2, -0.15) is 5.10 Å². The summed E-state index contributed by atoms with van der Waals surface area (Å²) in [5, 5.41) is 6.85. The van der Waals surface area contributed by atoms with Crippen LogP contribution in [0.15, 0.2) is 48.7 Å². The van der Waals surface area contributed by atoms with Crippen LogP contribution in [0.3, 0.4) is 0 Å². The number of hydrogen-bond acceptors (Lipinski definition) is 3. The minimum Gasteiger partial charge on any atom is -0.314 e. The van der Waals surface area contributed by atoms with E-state index in [9.17, 15) is 22.8 Å². The van der Waals surface area contributed by atoms with Crippen LogP contribution in [0.2, 0.25) is 0 Å². The SMILES string of the molecule is C[C@H]1Cn2ncc(N3CC(c4ccccc4)CC3=O)c2CN1C(=O)Nc1cc(F)c(F)c(F)c1. The predicted molar refractivity (Wildman–Crippen MR) is 119 cm³/mol. The van der Waals surface area contributed by atoms with Crippen molar-refractivity contribution in [1.82, 2.24) is 14.7 Å². The standard InChI is InChI=1S/C24H22F3N5O2/c1-14-11-32-21(13-30(14)24(34)29-17-8-18(25)23(27)19(26)9-17)20(10-28-32)31-12-16(7-22(31)33)15-5-3-2-4-6-15/h2-6,8-10,14,16H,7,11-13H2,1H3,(H,29,34)/t14-,16?/m0/s1. The average Bonchev–Trinajstić information content (AvgIpc) is 3.40. The van der Waals surface area contributed by atoms with Crippen molar-refractivity contribution >= 4 is 23.3 Å². The first-order chi connectivity index (χ1) is 16.3. The number of benzene rings is 2. The van der Waals surface area contributed by atoms with Crippen LogP contribution in [-0.2, 0) is 17.9 Å². The maximum Gasteiger partial charge on any atom is 0.322 e. The summed E-state index contributed by atoms with van der Waals surface area (Å²) < 4.78 is 42.1. The largest absolute Gasteiger partial charge is 0.322 e. The van der Waals surface area contributed by atoms with Crippen molar-refractivity contribution in [2.45, 2.75) is 38.4 Å². The number of urea groups is 1. The van der Waals surface area contributed by atoms with Gasteiger partial charge in [-0.25, -0.2) is 18.0 Å². The van der Waals surface area contributed by atoms with E-state index < -0.39 is 23.5 Å². The first kappa shape index (κ1) is 22.0. The number of aromatic nitrogens is 2. The van der Waals surface area contributed by atoms with E-state index >= 15 is 0 Å². The summed E-state index contributed by atoms with van der Waals surface area (Å²) in [5.41, 5.74) is 2.25. The third kappa shape index (κ3) is 3.89. The van der Waals surface area contributed by atoms with Crippen LogP contribution in [0.4, 0.5) is 29.3 Å². The quantitative estimate of drug-likeness (QED) is 0.583. The number of rotatable bonds is 3. The second kappa shape index (κ2) is 8.51.